The van der Waals surface area contributed by atoms with E-state index in [1.54, 1.807) is 24.3 Å². The first-order valence-corrected chi connectivity index (χ1v) is 15.9. The summed E-state index contributed by atoms with van der Waals surface area (Å²) in [5.74, 6) is -0.137. The number of sulfonamides is 1. The summed E-state index contributed by atoms with van der Waals surface area (Å²) in [4.78, 5) is 29.3. The predicted octanol–water partition coefficient (Wildman–Crippen LogP) is 5.37. The van der Waals surface area contributed by atoms with E-state index in [-0.39, 0.29) is 23.4 Å². The molecular formula is C33H41N3O5S. The Balaban J connectivity index is 1.70. The number of anilines is 1. The van der Waals surface area contributed by atoms with E-state index in [2.05, 4.69) is 5.32 Å². The van der Waals surface area contributed by atoms with Crippen molar-refractivity contribution in [1.82, 2.24) is 10.2 Å². The number of amides is 2. The van der Waals surface area contributed by atoms with Crippen molar-refractivity contribution in [3.8, 4) is 5.75 Å². The minimum atomic E-state index is -4.14. The van der Waals surface area contributed by atoms with Gasteiger partial charge in [-0.05, 0) is 75.1 Å². The van der Waals surface area contributed by atoms with Crippen LogP contribution in [0.3, 0.4) is 0 Å². The molecule has 42 heavy (non-hydrogen) atoms. The van der Waals surface area contributed by atoms with Crippen molar-refractivity contribution in [2.24, 2.45) is 0 Å². The van der Waals surface area contributed by atoms with E-state index in [9.17, 15) is 18.0 Å². The van der Waals surface area contributed by atoms with Gasteiger partial charge in [0.2, 0.25) is 11.8 Å². The minimum absolute atomic E-state index is 0.0350. The van der Waals surface area contributed by atoms with Gasteiger partial charge in [0.05, 0.1) is 17.7 Å². The lowest BCUT2D eigenvalue weighted by molar-refractivity contribution is -0.140. The Hall–Kier alpha value is -3.85. The third-order valence-corrected chi connectivity index (χ3v) is 9.60. The average Bonchev–Trinajstić information content (AvgIpc) is 3.50. The summed E-state index contributed by atoms with van der Waals surface area (Å²) < 4.78 is 34.3. The molecule has 0 radical (unpaired) electrons. The standard InChI is InChI=1S/C33H41N3O5S/c1-5-31(33(38)34-27-8-6-7-9-27)35(22-26-14-10-24(2)11-15-26)32(37)23-36(28-16-12-25(3)13-17-28)42(39,40)30-20-18-29(41-4)19-21-30/h10-21,27,31H,5-9,22-23H2,1-4H3,(H,34,38)/t31-/m1/s1. The molecule has 1 N–H and O–H groups in total. The number of carbonyl (C=O) groups is 2. The Bertz CT molecular complexity index is 1450. The molecule has 3 aromatic rings. The number of nitrogens with zero attached hydrogens (tertiary/aromatic N) is 2. The lowest BCUT2D eigenvalue weighted by atomic mass is 10.1. The minimum Gasteiger partial charge on any atom is -0.497 e. The molecule has 8 nitrogen and oxygen atoms in total. The number of methoxy groups -OCH3 is 1. The highest BCUT2D eigenvalue weighted by molar-refractivity contribution is 7.92. The van der Waals surface area contributed by atoms with Gasteiger partial charge in [-0.3, -0.25) is 13.9 Å². The predicted molar refractivity (Wildman–Crippen MR) is 165 cm³/mol. The van der Waals surface area contributed by atoms with Crippen molar-refractivity contribution in [2.45, 2.75) is 76.4 Å². The number of hydrogen-bond donors (Lipinski definition) is 1. The van der Waals surface area contributed by atoms with E-state index < -0.39 is 28.5 Å². The van der Waals surface area contributed by atoms with Crippen LogP contribution in [0.5, 0.6) is 5.75 Å². The molecule has 9 heteroatoms. The molecule has 4 rings (SSSR count). The zero-order valence-corrected chi connectivity index (χ0v) is 25.7. The monoisotopic (exact) mass is 591 g/mol. The largest absolute Gasteiger partial charge is 0.497 e. The Morgan fingerprint density at radius 1 is 0.905 bits per heavy atom. The first kappa shape index (κ1) is 31.1. The van der Waals surface area contributed by atoms with Crippen molar-refractivity contribution >= 4 is 27.5 Å². The van der Waals surface area contributed by atoms with Crippen molar-refractivity contribution in [3.63, 3.8) is 0 Å². The van der Waals surface area contributed by atoms with Crippen molar-refractivity contribution in [3.05, 3.63) is 89.5 Å². The summed E-state index contributed by atoms with van der Waals surface area (Å²) in [6.07, 6.45) is 4.39. The quantitative estimate of drug-likeness (QED) is 0.305. The Morgan fingerprint density at radius 3 is 2.02 bits per heavy atom. The molecular weight excluding hydrogens is 550 g/mol. The molecule has 0 aromatic heterocycles. The maximum Gasteiger partial charge on any atom is 0.264 e. The van der Waals surface area contributed by atoms with Gasteiger partial charge < -0.3 is 15.0 Å². The van der Waals surface area contributed by atoms with Crippen LogP contribution in [0.25, 0.3) is 0 Å². The SMILES string of the molecule is CC[C@H](C(=O)NC1CCCC1)N(Cc1ccc(C)cc1)C(=O)CN(c1ccc(C)cc1)S(=O)(=O)c1ccc(OC)cc1. The van der Waals surface area contributed by atoms with Gasteiger partial charge in [0, 0.05) is 12.6 Å². The van der Waals surface area contributed by atoms with Crippen molar-refractivity contribution in [1.29, 1.82) is 0 Å². The number of aryl methyl sites for hydroxylation is 2. The molecule has 0 spiro atoms. The molecule has 1 aliphatic carbocycles. The van der Waals surface area contributed by atoms with Crippen molar-refractivity contribution < 1.29 is 22.7 Å². The number of nitrogens with one attached hydrogen (secondary N) is 1. The molecule has 3 aromatic carbocycles. The topological polar surface area (TPSA) is 96.0 Å². The van der Waals surface area contributed by atoms with E-state index in [4.69, 9.17) is 4.74 Å². The second-order valence-electron chi connectivity index (χ2n) is 10.9. The summed E-state index contributed by atoms with van der Waals surface area (Å²) >= 11 is 0. The molecule has 224 valence electrons. The van der Waals surface area contributed by atoms with Crippen LogP contribution in [0.2, 0.25) is 0 Å². The average molecular weight is 592 g/mol. The fourth-order valence-electron chi connectivity index (χ4n) is 5.29. The zero-order valence-electron chi connectivity index (χ0n) is 24.9. The van der Waals surface area contributed by atoms with E-state index in [0.717, 1.165) is 46.7 Å². The first-order chi connectivity index (χ1) is 20.1. The third-order valence-electron chi connectivity index (χ3n) is 7.81. The number of rotatable bonds is 12. The van der Waals surface area contributed by atoms with Crippen LogP contribution in [0.15, 0.2) is 77.7 Å². The van der Waals surface area contributed by atoms with Crippen LogP contribution in [0.1, 0.15) is 55.7 Å². The fourth-order valence-corrected chi connectivity index (χ4v) is 6.71. The molecule has 1 aliphatic rings. The highest BCUT2D eigenvalue weighted by Crippen LogP contribution is 2.27. The number of ether oxygens (including phenoxy) is 1. The Kier molecular flexibility index (Phi) is 10.3. The first-order valence-electron chi connectivity index (χ1n) is 14.5. The lowest BCUT2D eigenvalue weighted by Crippen LogP contribution is -2.53. The Labute approximate surface area is 249 Å². The van der Waals surface area contributed by atoms with Crippen LogP contribution >= 0.6 is 0 Å². The zero-order chi connectivity index (χ0) is 30.3. The van der Waals surface area contributed by atoms with Gasteiger partial charge in [0.15, 0.2) is 0 Å². The lowest BCUT2D eigenvalue weighted by Gasteiger charge is -2.34. The number of hydrogen-bond acceptors (Lipinski definition) is 5. The molecule has 0 aliphatic heterocycles. The highest BCUT2D eigenvalue weighted by atomic mass is 32.2. The van der Waals surface area contributed by atoms with Gasteiger partial charge in [-0.1, -0.05) is 67.3 Å². The molecule has 0 unspecified atom stereocenters. The van der Waals surface area contributed by atoms with E-state index in [1.165, 1.54) is 24.1 Å². The van der Waals surface area contributed by atoms with Crippen LogP contribution in [-0.4, -0.2) is 50.9 Å². The normalized spacial score (nSPS) is 14.3. The molecule has 0 saturated heterocycles. The summed E-state index contributed by atoms with van der Waals surface area (Å²) in [7, 11) is -2.63. The summed E-state index contributed by atoms with van der Waals surface area (Å²) in [5.41, 5.74) is 3.27. The highest BCUT2D eigenvalue weighted by Gasteiger charge is 2.34. The molecule has 1 atom stereocenters. The summed E-state index contributed by atoms with van der Waals surface area (Å²) in [6, 6.07) is 20.2. The smallest absolute Gasteiger partial charge is 0.264 e. The molecule has 1 fully saturated rings. The maximum absolute atomic E-state index is 14.2. The summed E-state index contributed by atoms with van der Waals surface area (Å²) in [6.45, 7) is 5.49. The van der Waals surface area contributed by atoms with Gasteiger partial charge in [-0.25, -0.2) is 8.42 Å². The van der Waals surface area contributed by atoms with Gasteiger partial charge in [0.1, 0.15) is 18.3 Å². The second kappa shape index (κ2) is 13.9. The summed E-state index contributed by atoms with van der Waals surface area (Å²) in [5, 5.41) is 3.14. The maximum atomic E-state index is 14.2. The third kappa shape index (κ3) is 7.50. The number of benzene rings is 3. The van der Waals surface area contributed by atoms with Gasteiger partial charge in [0.25, 0.3) is 10.0 Å². The molecule has 0 heterocycles. The second-order valence-corrected chi connectivity index (χ2v) is 12.8. The Morgan fingerprint density at radius 2 is 1.48 bits per heavy atom. The molecule has 2 amide bonds. The van der Waals surface area contributed by atoms with Crippen LogP contribution < -0.4 is 14.4 Å². The van der Waals surface area contributed by atoms with Gasteiger partial charge in [-0.15, -0.1) is 0 Å². The molecule has 1 saturated carbocycles. The van der Waals surface area contributed by atoms with Crippen LogP contribution in [-0.2, 0) is 26.2 Å². The van der Waals surface area contributed by atoms with E-state index in [0.29, 0.717) is 17.9 Å². The fraction of sp³-hybridized carbons (Fsp3) is 0.394. The van der Waals surface area contributed by atoms with Crippen LogP contribution in [0.4, 0.5) is 5.69 Å². The van der Waals surface area contributed by atoms with Crippen molar-refractivity contribution in [2.75, 3.05) is 18.0 Å². The van der Waals surface area contributed by atoms with E-state index >= 15 is 0 Å². The van der Waals surface area contributed by atoms with Gasteiger partial charge in [-0.2, -0.15) is 0 Å². The van der Waals surface area contributed by atoms with E-state index in [1.807, 2.05) is 57.2 Å². The van der Waals surface area contributed by atoms with Crippen LogP contribution in [0, 0.1) is 13.8 Å². The number of carbonyl (C=O) groups excluding carboxylic acids is 2. The molecule has 0 bridgehead atoms. The van der Waals surface area contributed by atoms with Gasteiger partial charge >= 0.3 is 0 Å².